The molecule has 5 heteroatoms. The number of hydrogen-bond acceptors (Lipinski definition) is 4. The fraction of sp³-hybridized carbons (Fsp3) is 0.921. The van der Waals surface area contributed by atoms with Crippen molar-refractivity contribution in [2.45, 2.75) is 366 Å². The first-order valence-electron chi connectivity index (χ1n) is 31.1. The van der Waals surface area contributed by atoms with Gasteiger partial charge in [-0.15, -0.1) is 0 Å². The van der Waals surface area contributed by atoms with Crippen LogP contribution in [0.5, 0.6) is 0 Å². The molecule has 0 aromatic carbocycles. The predicted octanol–water partition coefficient (Wildman–Crippen LogP) is 19.6. The average Bonchev–Trinajstić information content (AvgIpc) is 3.33. The van der Waals surface area contributed by atoms with Crippen LogP contribution in [-0.2, 0) is 4.79 Å². The first-order chi connectivity index (χ1) is 33.5. The van der Waals surface area contributed by atoms with E-state index in [1.807, 2.05) is 6.08 Å². The summed E-state index contributed by atoms with van der Waals surface area (Å²) in [5, 5.41) is 33.6. The van der Waals surface area contributed by atoms with Crippen LogP contribution in [0, 0.1) is 0 Å². The molecule has 0 radical (unpaired) electrons. The minimum Gasteiger partial charge on any atom is -0.394 e. The summed E-state index contributed by atoms with van der Waals surface area (Å²) in [6.07, 6.45) is 75.4. The number of carbonyl (C=O) groups excluding carboxylic acids is 1. The Balaban J connectivity index is 3.52. The molecule has 68 heavy (non-hydrogen) atoms. The molecule has 5 nitrogen and oxygen atoms in total. The number of nitrogens with one attached hydrogen (secondary N) is 1. The van der Waals surface area contributed by atoms with E-state index < -0.39 is 18.2 Å². The van der Waals surface area contributed by atoms with Crippen LogP contribution in [0.2, 0.25) is 0 Å². The van der Waals surface area contributed by atoms with E-state index in [1.165, 1.54) is 295 Å². The van der Waals surface area contributed by atoms with E-state index in [4.69, 9.17) is 0 Å². The highest BCUT2D eigenvalue weighted by molar-refractivity contribution is 5.76. The van der Waals surface area contributed by atoms with Crippen molar-refractivity contribution in [3.8, 4) is 0 Å². The fourth-order valence-electron chi connectivity index (χ4n) is 9.99. The Morgan fingerprint density at radius 3 is 0.897 bits per heavy atom. The summed E-state index contributed by atoms with van der Waals surface area (Å²) in [5.74, 6) is -0.309. The summed E-state index contributed by atoms with van der Waals surface area (Å²) in [4.78, 5) is 12.6. The molecular formula is C63H123NO4. The lowest BCUT2D eigenvalue weighted by atomic mass is 10.0. The Morgan fingerprint density at radius 1 is 0.368 bits per heavy atom. The number of rotatable bonds is 58. The number of aliphatic hydroxyl groups excluding tert-OH is 3. The largest absolute Gasteiger partial charge is 0.394 e. The summed E-state index contributed by atoms with van der Waals surface area (Å²) >= 11 is 0. The topological polar surface area (TPSA) is 89.8 Å². The second kappa shape index (κ2) is 58.4. The molecule has 404 valence electrons. The van der Waals surface area contributed by atoms with Gasteiger partial charge in [0, 0.05) is 0 Å². The molecule has 0 rings (SSSR count). The maximum absolute atomic E-state index is 12.6. The molecule has 0 heterocycles. The van der Waals surface area contributed by atoms with Gasteiger partial charge in [0.05, 0.1) is 31.3 Å². The average molecular weight is 959 g/mol. The quantitative estimate of drug-likeness (QED) is 0.0361. The number of amides is 1. The van der Waals surface area contributed by atoms with Gasteiger partial charge in [0.2, 0.25) is 5.91 Å². The molecule has 0 saturated carbocycles. The van der Waals surface area contributed by atoms with Gasteiger partial charge in [-0.2, -0.15) is 0 Å². The van der Waals surface area contributed by atoms with Crippen LogP contribution in [0.3, 0.4) is 0 Å². The first-order valence-corrected chi connectivity index (χ1v) is 31.1. The van der Waals surface area contributed by atoms with Crippen LogP contribution < -0.4 is 5.32 Å². The molecule has 0 aliphatic carbocycles. The van der Waals surface area contributed by atoms with Gasteiger partial charge in [-0.1, -0.05) is 321 Å². The Kier molecular flexibility index (Phi) is 57.4. The highest BCUT2D eigenvalue weighted by Gasteiger charge is 2.20. The van der Waals surface area contributed by atoms with Gasteiger partial charge in [0.25, 0.3) is 0 Å². The third-order valence-corrected chi connectivity index (χ3v) is 14.7. The van der Waals surface area contributed by atoms with E-state index in [1.54, 1.807) is 6.08 Å². The van der Waals surface area contributed by atoms with E-state index in [0.29, 0.717) is 6.42 Å². The second-order valence-electron chi connectivity index (χ2n) is 21.7. The molecule has 4 N–H and O–H groups in total. The monoisotopic (exact) mass is 958 g/mol. The molecule has 0 spiro atoms. The zero-order valence-corrected chi connectivity index (χ0v) is 46.3. The van der Waals surface area contributed by atoms with Crippen molar-refractivity contribution in [3.05, 3.63) is 24.3 Å². The highest BCUT2D eigenvalue weighted by atomic mass is 16.3. The molecule has 0 aromatic heterocycles. The highest BCUT2D eigenvalue weighted by Crippen LogP contribution is 2.18. The van der Waals surface area contributed by atoms with Gasteiger partial charge in [-0.05, 0) is 44.9 Å². The zero-order chi connectivity index (χ0) is 49.3. The number of hydrogen-bond donors (Lipinski definition) is 4. The minimum absolute atomic E-state index is 0.0171. The zero-order valence-electron chi connectivity index (χ0n) is 46.3. The van der Waals surface area contributed by atoms with E-state index in [2.05, 4.69) is 31.3 Å². The summed E-state index contributed by atoms with van der Waals surface area (Å²) in [6, 6.07) is -0.744. The summed E-state index contributed by atoms with van der Waals surface area (Å²) in [6.45, 7) is 4.26. The maximum Gasteiger partial charge on any atom is 0.222 e. The second-order valence-corrected chi connectivity index (χ2v) is 21.7. The van der Waals surface area contributed by atoms with Gasteiger partial charge in [0.1, 0.15) is 0 Å². The molecule has 0 bridgehead atoms. The van der Waals surface area contributed by atoms with Crippen LogP contribution in [-0.4, -0.2) is 46.1 Å². The van der Waals surface area contributed by atoms with Crippen molar-refractivity contribution in [3.63, 3.8) is 0 Å². The molecule has 0 saturated heterocycles. The molecule has 0 aliphatic rings. The molecule has 0 aliphatic heterocycles. The van der Waals surface area contributed by atoms with Crippen molar-refractivity contribution >= 4 is 5.91 Å². The first kappa shape index (κ1) is 66.8. The lowest BCUT2D eigenvalue weighted by molar-refractivity contribution is -0.124. The Labute approximate surface area is 426 Å². The Bertz CT molecular complexity index is 1010. The van der Waals surface area contributed by atoms with Crippen molar-refractivity contribution in [1.82, 2.24) is 5.32 Å². The lowest BCUT2D eigenvalue weighted by Crippen LogP contribution is -2.45. The molecule has 0 aromatic rings. The van der Waals surface area contributed by atoms with Gasteiger partial charge < -0.3 is 20.6 Å². The van der Waals surface area contributed by atoms with E-state index in [9.17, 15) is 20.1 Å². The number of unbranched alkanes of at least 4 members (excludes halogenated alkanes) is 47. The van der Waals surface area contributed by atoms with Gasteiger partial charge in [0.15, 0.2) is 0 Å². The van der Waals surface area contributed by atoms with Crippen molar-refractivity contribution in [1.29, 1.82) is 0 Å². The van der Waals surface area contributed by atoms with Crippen LogP contribution in [0.15, 0.2) is 24.3 Å². The minimum atomic E-state index is -0.928. The molecule has 1 amide bonds. The van der Waals surface area contributed by atoms with Gasteiger partial charge in [-0.3, -0.25) is 4.79 Å². The molecular weight excluding hydrogens is 835 g/mol. The standard InChI is InChI=1S/C63H123NO4/c1-3-5-7-9-11-13-15-17-19-21-23-25-27-28-29-30-31-32-33-35-36-38-40-42-44-46-48-50-52-54-56-60(66)58-63(68)64-61(59-65)62(67)57-55-53-51-49-47-45-43-41-39-37-34-26-24-22-20-18-16-14-12-10-8-6-4-2/h28-29,55,57,60-62,65-67H,3-27,30-54,56,58-59H2,1-2H3,(H,64,68)/b29-28-,57-55+. The van der Waals surface area contributed by atoms with Crippen LogP contribution in [0.25, 0.3) is 0 Å². The summed E-state index contributed by atoms with van der Waals surface area (Å²) in [7, 11) is 0. The van der Waals surface area contributed by atoms with Crippen LogP contribution in [0.4, 0.5) is 0 Å². The molecule has 3 unspecified atom stereocenters. The van der Waals surface area contributed by atoms with Gasteiger partial charge in [-0.25, -0.2) is 0 Å². The summed E-state index contributed by atoms with van der Waals surface area (Å²) in [5.41, 5.74) is 0. The van der Waals surface area contributed by atoms with E-state index >= 15 is 0 Å². The van der Waals surface area contributed by atoms with Crippen molar-refractivity contribution < 1.29 is 20.1 Å². The smallest absolute Gasteiger partial charge is 0.222 e. The fourth-order valence-corrected chi connectivity index (χ4v) is 9.99. The maximum atomic E-state index is 12.6. The Hall–Kier alpha value is -1.17. The van der Waals surface area contributed by atoms with E-state index in [0.717, 1.165) is 25.7 Å². The Morgan fingerprint density at radius 2 is 0.618 bits per heavy atom. The lowest BCUT2D eigenvalue weighted by Gasteiger charge is -2.21. The molecule has 3 atom stereocenters. The van der Waals surface area contributed by atoms with Crippen LogP contribution >= 0.6 is 0 Å². The number of carbonyl (C=O) groups is 1. The normalized spacial score (nSPS) is 13.3. The predicted molar refractivity (Wildman–Crippen MR) is 301 cm³/mol. The summed E-state index contributed by atoms with van der Waals surface area (Å²) < 4.78 is 0. The van der Waals surface area contributed by atoms with Crippen molar-refractivity contribution in [2.24, 2.45) is 0 Å². The van der Waals surface area contributed by atoms with E-state index in [-0.39, 0.29) is 18.9 Å². The third-order valence-electron chi connectivity index (χ3n) is 14.7. The van der Waals surface area contributed by atoms with Gasteiger partial charge >= 0.3 is 0 Å². The number of allylic oxidation sites excluding steroid dienone is 3. The SMILES string of the molecule is CCCCCCCCCCCCCC/C=C\CCCCCCCCCCCCCCCCC(O)CC(=O)NC(CO)C(O)/C=C/CCCCCCCCCCCCCCCCCCCCCCC. The van der Waals surface area contributed by atoms with Crippen LogP contribution in [0.1, 0.15) is 348 Å². The number of aliphatic hydroxyl groups is 3. The third kappa shape index (κ3) is 54.2. The molecule has 0 fully saturated rings. The van der Waals surface area contributed by atoms with Crippen molar-refractivity contribution in [2.75, 3.05) is 6.61 Å².